The van der Waals surface area contributed by atoms with Gasteiger partial charge in [0, 0.05) is 6.42 Å². The zero-order chi connectivity index (χ0) is 9.19. The van der Waals surface area contributed by atoms with Crippen molar-refractivity contribution in [2.75, 3.05) is 6.54 Å². The summed E-state index contributed by atoms with van der Waals surface area (Å²) in [6.45, 7) is 0.271. The summed E-state index contributed by atoms with van der Waals surface area (Å²) in [6.07, 6.45) is 0.288. The average molecular weight is 198 g/mol. The van der Waals surface area contributed by atoms with Crippen molar-refractivity contribution in [2.24, 2.45) is 5.73 Å². The second-order valence-corrected chi connectivity index (χ2v) is 2.53. The molecule has 2 N–H and O–H groups in total. The van der Waals surface area contributed by atoms with E-state index in [-0.39, 0.29) is 18.8 Å². The Labute approximate surface area is 71.7 Å². The van der Waals surface area contributed by atoms with Crippen LogP contribution in [0.4, 0.5) is 8.78 Å². The third-order valence-corrected chi connectivity index (χ3v) is 1.24. The van der Waals surface area contributed by atoms with Gasteiger partial charge in [-0.25, -0.2) is 0 Å². The first-order valence-corrected chi connectivity index (χ1v) is 3.51. The zero-order valence-corrected chi connectivity index (χ0v) is 6.68. The Morgan fingerprint density at radius 3 is 2.67 bits per heavy atom. The predicted molar refractivity (Wildman–Crippen MR) is 36.8 cm³/mol. The van der Waals surface area contributed by atoms with Crippen LogP contribution >= 0.6 is 11.6 Å². The van der Waals surface area contributed by atoms with Crippen LogP contribution in [0.2, 0.25) is 0 Å². The highest BCUT2D eigenvalue weighted by Gasteiger charge is 2.35. The second-order valence-electron chi connectivity index (χ2n) is 2.05. The Balaban J connectivity index is 2.77. The zero-order valence-electron chi connectivity index (χ0n) is 5.93. The van der Waals surface area contributed by atoms with Gasteiger partial charge in [-0.2, -0.15) is 13.8 Å². The van der Waals surface area contributed by atoms with Crippen LogP contribution < -0.4 is 5.73 Å². The first-order chi connectivity index (χ1) is 5.54. The summed E-state index contributed by atoms with van der Waals surface area (Å²) in [5.74, 6) is -0.763. The van der Waals surface area contributed by atoms with E-state index in [1.807, 2.05) is 0 Å². The highest BCUT2D eigenvalue weighted by atomic mass is 35.5. The molecule has 0 atom stereocenters. The minimum Gasteiger partial charge on any atom is -0.331 e. The SMILES string of the molecule is NCCc1noc(C(F)(F)Cl)n1. The molecule has 0 spiro atoms. The van der Waals surface area contributed by atoms with Crippen molar-refractivity contribution in [3.8, 4) is 0 Å². The molecule has 0 fully saturated rings. The Hall–Kier alpha value is -0.750. The Kier molecular flexibility index (Phi) is 2.58. The quantitative estimate of drug-likeness (QED) is 0.730. The molecule has 0 aromatic carbocycles. The van der Waals surface area contributed by atoms with Crippen LogP contribution in [0.5, 0.6) is 0 Å². The lowest BCUT2D eigenvalue weighted by molar-refractivity contribution is 0.0550. The smallest absolute Gasteiger partial charge is 0.331 e. The van der Waals surface area contributed by atoms with Crippen molar-refractivity contribution in [1.82, 2.24) is 10.1 Å². The largest absolute Gasteiger partial charge is 0.400 e. The number of hydrogen-bond acceptors (Lipinski definition) is 4. The summed E-state index contributed by atoms with van der Waals surface area (Å²) in [5.41, 5.74) is 5.14. The van der Waals surface area contributed by atoms with E-state index in [2.05, 4.69) is 26.3 Å². The van der Waals surface area contributed by atoms with Gasteiger partial charge in [0.15, 0.2) is 5.82 Å². The predicted octanol–water partition coefficient (Wildman–Crippen LogP) is 0.859. The highest BCUT2D eigenvalue weighted by Crippen LogP contribution is 2.30. The number of aromatic nitrogens is 2. The monoisotopic (exact) mass is 197 g/mol. The molecule has 1 heterocycles. The third kappa shape index (κ3) is 2.12. The summed E-state index contributed by atoms with van der Waals surface area (Å²) in [4.78, 5) is 3.33. The lowest BCUT2D eigenvalue weighted by Crippen LogP contribution is -2.06. The van der Waals surface area contributed by atoms with Crippen LogP contribution in [-0.4, -0.2) is 16.7 Å². The molecular formula is C5H6ClF2N3O. The topological polar surface area (TPSA) is 64.9 Å². The number of rotatable bonds is 3. The summed E-state index contributed by atoms with van der Waals surface area (Å²) < 4.78 is 28.7. The summed E-state index contributed by atoms with van der Waals surface area (Å²) in [5, 5.41) is -0.356. The molecule has 0 aliphatic heterocycles. The van der Waals surface area contributed by atoms with E-state index >= 15 is 0 Å². The highest BCUT2D eigenvalue weighted by molar-refractivity contribution is 6.21. The van der Waals surface area contributed by atoms with E-state index in [1.54, 1.807) is 0 Å². The molecule has 0 saturated carbocycles. The Morgan fingerprint density at radius 1 is 1.58 bits per heavy atom. The number of halogens is 3. The third-order valence-electron chi connectivity index (χ3n) is 1.08. The molecular weight excluding hydrogens is 192 g/mol. The maximum atomic E-state index is 12.2. The molecule has 1 aromatic heterocycles. The Bertz CT molecular complexity index is 259. The van der Waals surface area contributed by atoms with E-state index < -0.39 is 11.3 Å². The fourth-order valence-electron chi connectivity index (χ4n) is 0.600. The number of nitrogens with zero attached hydrogens (tertiary/aromatic N) is 2. The van der Waals surface area contributed by atoms with Crippen molar-refractivity contribution < 1.29 is 13.3 Å². The molecule has 0 amide bonds. The van der Waals surface area contributed by atoms with Crippen molar-refractivity contribution in [3.63, 3.8) is 0 Å². The van der Waals surface area contributed by atoms with Crippen LogP contribution in [0.1, 0.15) is 11.7 Å². The minimum atomic E-state index is -3.60. The molecule has 0 radical (unpaired) electrons. The molecule has 68 valence electrons. The van der Waals surface area contributed by atoms with Gasteiger partial charge < -0.3 is 10.3 Å². The van der Waals surface area contributed by atoms with Gasteiger partial charge in [-0.3, -0.25) is 0 Å². The van der Waals surface area contributed by atoms with Crippen LogP contribution in [0.15, 0.2) is 4.52 Å². The van der Waals surface area contributed by atoms with E-state index in [0.717, 1.165) is 0 Å². The average Bonchev–Trinajstić information content (AvgIpc) is 2.35. The van der Waals surface area contributed by atoms with Gasteiger partial charge in [0.2, 0.25) is 0 Å². The molecule has 0 unspecified atom stereocenters. The maximum absolute atomic E-state index is 12.2. The molecule has 1 rings (SSSR count). The standard InChI is InChI=1S/C5H6ClF2N3O/c6-5(7,8)4-10-3(1-2-9)11-12-4/h1-2,9H2. The minimum absolute atomic E-state index is 0.132. The maximum Gasteiger partial charge on any atom is 0.400 e. The van der Waals surface area contributed by atoms with E-state index in [0.29, 0.717) is 0 Å². The van der Waals surface area contributed by atoms with Crippen molar-refractivity contribution in [3.05, 3.63) is 11.7 Å². The number of alkyl halides is 3. The van der Waals surface area contributed by atoms with Gasteiger partial charge in [0.05, 0.1) is 0 Å². The number of nitrogens with two attached hydrogens (primary N) is 1. The van der Waals surface area contributed by atoms with Gasteiger partial charge in [-0.1, -0.05) is 5.16 Å². The molecule has 1 aromatic rings. The fourth-order valence-corrected chi connectivity index (χ4v) is 0.677. The molecule has 4 nitrogen and oxygen atoms in total. The van der Waals surface area contributed by atoms with E-state index in [4.69, 9.17) is 5.73 Å². The van der Waals surface area contributed by atoms with E-state index in [1.165, 1.54) is 0 Å². The summed E-state index contributed by atoms with van der Waals surface area (Å²) in [7, 11) is 0. The first-order valence-electron chi connectivity index (χ1n) is 3.14. The second kappa shape index (κ2) is 3.32. The normalized spacial score (nSPS) is 12.0. The molecule has 0 bridgehead atoms. The van der Waals surface area contributed by atoms with Crippen LogP contribution in [-0.2, 0) is 11.8 Å². The van der Waals surface area contributed by atoms with Gasteiger partial charge in [-0.15, -0.1) is 0 Å². The van der Waals surface area contributed by atoms with E-state index in [9.17, 15) is 8.78 Å². The van der Waals surface area contributed by atoms with Crippen molar-refractivity contribution in [2.45, 2.75) is 11.8 Å². The molecule has 0 aliphatic carbocycles. The molecule has 0 saturated heterocycles. The molecule has 7 heteroatoms. The van der Waals surface area contributed by atoms with Gasteiger partial charge >= 0.3 is 11.3 Å². The van der Waals surface area contributed by atoms with Gasteiger partial charge in [-0.05, 0) is 18.1 Å². The fraction of sp³-hybridized carbons (Fsp3) is 0.600. The van der Waals surface area contributed by atoms with Crippen LogP contribution in [0.3, 0.4) is 0 Å². The summed E-state index contributed by atoms with van der Waals surface area (Å²) >= 11 is 4.61. The summed E-state index contributed by atoms with van der Waals surface area (Å²) in [6, 6.07) is 0. The lowest BCUT2D eigenvalue weighted by Gasteiger charge is -1.97. The molecule has 0 aliphatic rings. The van der Waals surface area contributed by atoms with Crippen molar-refractivity contribution in [1.29, 1.82) is 0 Å². The Morgan fingerprint density at radius 2 is 2.25 bits per heavy atom. The van der Waals surface area contributed by atoms with Crippen LogP contribution in [0, 0.1) is 0 Å². The van der Waals surface area contributed by atoms with Gasteiger partial charge in [0.25, 0.3) is 0 Å². The van der Waals surface area contributed by atoms with Gasteiger partial charge in [0.1, 0.15) is 0 Å². The number of hydrogen-bond donors (Lipinski definition) is 1. The van der Waals surface area contributed by atoms with Crippen molar-refractivity contribution >= 4 is 11.6 Å². The first kappa shape index (κ1) is 9.34. The molecule has 12 heavy (non-hydrogen) atoms. The lowest BCUT2D eigenvalue weighted by atomic mass is 10.4. The van der Waals surface area contributed by atoms with Crippen LogP contribution in [0.25, 0.3) is 0 Å².